The van der Waals surface area contributed by atoms with Crippen molar-refractivity contribution < 1.29 is 4.74 Å². The van der Waals surface area contributed by atoms with E-state index in [2.05, 4.69) is 21.9 Å². The van der Waals surface area contributed by atoms with Crippen molar-refractivity contribution in [3.8, 4) is 5.75 Å². The third-order valence-electron chi connectivity index (χ3n) is 4.12. The lowest BCUT2D eigenvalue weighted by molar-refractivity contribution is 0.198. The Morgan fingerprint density at radius 1 is 1.23 bits per heavy atom. The maximum absolute atomic E-state index is 6.17. The molecule has 2 aromatic heterocycles. The number of halogens is 4. The standard InChI is InChI=1S/C18H20ClN3O.3ClH/c1-22-10-2-3-16(22)13-23-17-11-15(18(19)21-12-17)5-4-14-6-8-20-9-7-14;;;/h4-9,11-12,16H,2-3,10,13H2,1H3;3*1H/t16-;;;/m1.../s1. The number of hydrogen-bond acceptors (Lipinski definition) is 4. The molecule has 0 unspecified atom stereocenters. The molecule has 1 aliphatic heterocycles. The summed E-state index contributed by atoms with van der Waals surface area (Å²) in [5, 5.41) is 0.473. The van der Waals surface area contributed by atoms with Crippen LogP contribution in [0, 0.1) is 0 Å². The van der Waals surface area contributed by atoms with Crippen LogP contribution in [-0.2, 0) is 0 Å². The SMILES string of the molecule is CN1CCC[C@@H]1COc1cnc(Cl)c(C=Cc2ccncc2)c1.Cl.Cl.Cl. The van der Waals surface area contributed by atoms with Gasteiger partial charge in [0.1, 0.15) is 17.5 Å². The van der Waals surface area contributed by atoms with Crippen molar-refractivity contribution in [3.05, 3.63) is 53.1 Å². The third kappa shape index (κ3) is 6.93. The van der Waals surface area contributed by atoms with Gasteiger partial charge >= 0.3 is 0 Å². The smallest absolute Gasteiger partial charge is 0.138 e. The lowest BCUT2D eigenvalue weighted by atomic mass is 10.2. The summed E-state index contributed by atoms with van der Waals surface area (Å²) in [4.78, 5) is 10.6. The van der Waals surface area contributed by atoms with Gasteiger partial charge in [-0.05, 0) is 50.2 Å². The molecule has 0 spiro atoms. The van der Waals surface area contributed by atoms with E-state index in [1.807, 2.05) is 30.4 Å². The molecular weight excluding hydrogens is 416 g/mol. The second-order valence-corrected chi connectivity index (χ2v) is 6.11. The second-order valence-electron chi connectivity index (χ2n) is 5.75. The summed E-state index contributed by atoms with van der Waals surface area (Å²) in [5.41, 5.74) is 1.91. The van der Waals surface area contributed by atoms with Crippen LogP contribution in [0.15, 0.2) is 36.8 Å². The van der Waals surface area contributed by atoms with Gasteiger partial charge in [0.15, 0.2) is 0 Å². The molecule has 0 bridgehead atoms. The largest absolute Gasteiger partial charge is 0.490 e. The van der Waals surface area contributed by atoms with Crippen molar-refractivity contribution in [3.63, 3.8) is 0 Å². The highest BCUT2D eigenvalue weighted by Gasteiger charge is 2.21. The maximum Gasteiger partial charge on any atom is 0.138 e. The summed E-state index contributed by atoms with van der Waals surface area (Å²) in [6.45, 7) is 1.83. The third-order valence-corrected chi connectivity index (χ3v) is 4.43. The Labute approximate surface area is 178 Å². The molecule has 3 rings (SSSR count). The van der Waals surface area contributed by atoms with Crippen LogP contribution in [0.3, 0.4) is 0 Å². The van der Waals surface area contributed by atoms with Crippen molar-refractivity contribution >= 4 is 61.0 Å². The zero-order valence-electron chi connectivity index (χ0n) is 14.4. The summed E-state index contributed by atoms with van der Waals surface area (Å²) in [6.07, 6.45) is 11.6. The van der Waals surface area contributed by atoms with E-state index >= 15 is 0 Å². The first-order valence-corrected chi connectivity index (χ1v) is 8.17. The minimum Gasteiger partial charge on any atom is -0.490 e. The molecule has 2 aromatic rings. The van der Waals surface area contributed by atoms with Crippen LogP contribution in [0.2, 0.25) is 5.15 Å². The minimum absolute atomic E-state index is 0. The van der Waals surface area contributed by atoms with Crippen LogP contribution in [0.25, 0.3) is 12.2 Å². The van der Waals surface area contributed by atoms with Crippen LogP contribution in [0.1, 0.15) is 24.0 Å². The van der Waals surface area contributed by atoms with E-state index in [9.17, 15) is 0 Å². The van der Waals surface area contributed by atoms with Gasteiger partial charge in [-0.25, -0.2) is 4.98 Å². The summed E-state index contributed by atoms with van der Waals surface area (Å²) >= 11 is 6.17. The minimum atomic E-state index is 0. The van der Waals surface area contributed by atoms with E-state index in [0.717, 1.165) is 23.4 Å². The molecule has 0 aromatic carbocycles. The molecule has 26 heavy (non-hydrogen) atoms. The lowest BCUT2D eigenvalue weighted by Gasteiger charge is -2.19. The number of pyridine rings is 2. The molecule has 4 nitrogen and oxygen atoms in total. The first kappa shape index (κ1) is 25.0. The fourth-order valence-electron chi connectivity index (χ4n) is 2.68. The zero-order chi connectivity index (χ0) is 16.1. The Balaban J connectivity index is 0.00000208. The number of ether oxygens (including phenoxy) is 1. The Bertz CT molecular complexity index is 685. The van der Waals surface area contributed by atoms with Gasteiger partial charge in [-0.3, -0.25) is 4.98 Å². The average molecular weight is 439 g/mol. The molecule has 0 aliphatic carbocycles. The summed E-state index contributed by atoms with van der Waals surface area (Å²) in [7, 11) is 2.14. The van der Waals surface area contributed by atoms with E-state index in [4.69, 9.17) is 16.3 Å². The fraction of sp³-hybridized carbons (Fsp3) is 0.333. The molecule has 0 saturated carbocycles. The molecule has 1 saturated heterocycles. The fourth-order valence-corrected chi connectivity index (χ4v) is 2.85. The highest BCUT2D eigenvalue weighted by atomic mass is 35.5. The van der Waals surface area contributed by atoms with Crippen molar-refractivity contribution in [2.45, 2.75) is 18.9 Å². The quantitative estimate of drug-likeness (QED) is 0.613. The molecule has 0 amide bonds. The van der Waals surface area contributed by atoms with E-state index in [1.54, 1.807) is 18.6 Å². The Kier molecular flexibility index (Phi) is 11.9. The summed E-state index contributed by atoms with van der Waals surface area (Å²) in [5.74, 6) is 0.754. The predicted molar refractivity (Wildman–Crippen MR) is 115 cm³/mol. The number of aromatic nitrogens is 2. The lowest BCUT2D eigenvalue weighted by Crippen LogP contribution is -2.30. The van der Waals surface area contributed by atoms with Gasteiger partial charge in [-0.2, -0.15) is 0 Å². The van der Waals surface area contributed by atoms with Gasteiger partial charge in [-0.15, -0.1) is 37.2 Å². The maximum atomic E-state index is 6.17. The zero-order valence-corrected chi connectivity index (χ0v) is 17.6. The van der Waals surface area contributed by atoms with Crippen molar-refractivity contribution in [2.75, 3.05) is 20.2 Å². The number of likely N-dealkylation sites (N-methyl/N-ethyl adjacent to an activating group) is 1. The second kappa shape index (κ2) is 12.4. The monoisotopic (exact) mass is 437 g/mol. The highest BCUT2D eigenvalue weighted by Crippen LogP contribution is 2.23. The van der Waals surface area contributed by atoms with Crippen molar-refractivity contribution in [2.24, 2.45) is 0 Å². The summed E-state index contributed by atoms with van der Waals surface area (Å²) < 4.78 is 5.90. The van der Waals surface area contributed by atoms with Crippen molar-refractivity contribution in [1.82, 2.24) is 14.9 Å². The Hall–Kier alpha value is -1.04. The van der Waals surface area contributed by atoms with E-state index in [1.165, 1.54) is 12.8 Å². The number of nitrogens with zero attached hydrogens (tertiary/aromatic N) is 3. The van der Waals surface area contributed by atoms with Gasteiger partial charge in [-0.1, -0.05) is 23.8 Å². The van der Waals surface area contributed by atoms with Gasteiger partial charge in [0.25, 0.3) is 0 Å². The van der Waals surface area contributed by atoms with Gasteiger partial charge in [0, 0.05) is 24.0 Å². The van der Waals surface area contributed by atoms with Crippen molar-refractivity contribution in [1.29, 1.82) is 0 Å². The first-order valence-electron chi connectivity index (χ1n) is 7.79. The van der Waals surface area contributed by atoms with E-state index in [0.29, 0.717) is 17.8 Å². The highest BCUT2D eigenvalue weighted by molar-refractivity contribution is 6.31. The van der Waals surface area contributed by atoms with Crippen LogP contribution < -0.4 is 4.74 Å². The molecule has 0 radical (unpaired) electrons. The molecule has 8 heteroatoms. The molecular formula is C18H23Cl4N3O. The Morgan fingerprint density at radius 2 is 1.96 bits per heavy atom. The van der Waals surface area contributed by atoms with Crippen LogP contribution in [-0.4, -0.2) is 41.1 Å². The van der Waals surface area contributed by atoms with Gasteiger partial charge in [0.05, 0.1) is 6.20 Å². The Morgan fingerprint density at radius 3 is 2.62 bits per heavy atom. The van der Waals surface area contributed by atoms with Gasteiger partial charge < -0.3 is 9.64 Å². The van der Waals surface area contributed by atoms with E-state index in [-0.39, 0.29) is 37.2 Å². The van der Waals surface area contributed by atoms with E-state index < -0.39 is 0 Å². The van der Waals surface area contributed by atoms with Crippen LogP contribution >= 0.6 is 48.8 Å². The normalized spacial score (nSPS) is 16.5. The molecule has 1 aliphatic rings. The molecule has 0 N–H and O–H groups in total. The van der Waals surface area contributed by atoms with Gasteiger partial charge in [0.2, 0.25) is 0 Å². The average Bonchev–Trinajstić information content (AvgIpc) is 2.99. The topological polar surface area (TPSA) is 38.2 Å². The number of rotatable bonds is 5. The molecule has 144 valence electrons. The molecule has 1 atom stereocenters. The first-order chi connectivity index (χ1) is 11.2. The van der Waals surface area contributed by atoms with Crippen LogP contribution in [0.5, 0.6) is 5.75 Å². The number of hydrogen-bond donors (Lipinski definition) is 0. The predicted octanol–water partition coefficient (Wildman–Crippen LogP) is 5.04. The molecule has 3 heterocycles. The molecule has 1 fully saturated rings. The summed E-state index contributed by atoms with van der Waals surface area (Å²) in [6, 6.07) is 6.30. The number of likely N-dealkylation sites (tertiary alicyclic amines) is 1. The van der Waals surface area contributed by atoms with Crippen LogP contribution in [0.4, 0.5) is 0 Å².